The second kappa shape index (κ2) is 7.43. The number of carbonyl (C=O) groups is 1. The van der Waals surface area contributed by atoms with Crippen LogP contribution in [0.1, 0.15) is 41.0 Å². The van der Waals surface area contributed by atoms with Crippen LogP contribution < -0.4 is 4.90 Å². The summed E-state index contributed by atoms with van der Waals surface area (Å²) in [5, 5.41) is 0. The van der Waals surface area contributed by atoms with E-state index in [2.05, 4.69) is 22.1 Å². The fourth-order valence-corrected chi connectivity index (χ4v) is 3.02. The van der Waals surface area contributed by atoms with Gasteiger partial charge in [0, 0.05) is 32.4 Å². The first-order valence-electron chi connectivity index (χ1n) is 8.53. The van der Waals surface area contributed by atoms with E-state index in [1.807, 2.05) is 42.0 Å². The third-order valence-corrected chi connectivity index (χ3v) is 4.31. The second-order valence-electron chi connectivity index (χ2n) is 6.39. The topological polar surface area (TPSA) is 49.3 Å². The molecule has 0 saturated carbocycles. The van der Waals surface area contributed by atoms with Gasteiger partial charge in [0.1, 0.15) is 5.69 Å². The molecule has 1 saturated heterocycles. The average Bonchev–Trinajstić information content (AvgIpc) is 2.62. The number of hydrogen-bond acceptors (Lipinski definition) is 4. The van der Waals surface area contributed by atoms with E-state index in [4.69, 9.17) is 0 Å². The van der Waals surface area contributed by atoms with E-state index in [-0.39, 0.29) is 5.91 Å². The van der Waals surface area contributed by atoms with Crippen molar-refractivity contribution in [1.82, 2.24) is 14.9 Å². The zero-order valence-corrected chi connectivity index (χ0v) is 14.4. The summed E-state index contributed by atoms with van der Waals surface area (Å²) >= 11 is 0. The molecule has 5 nitrogen and oxygen atoms in total. The van der Waals surface area contributed by atoms with Crippen LogP contribution in [0, 0.1) is 6.92 Å². The number of aryl methyl sites for hydroxylation is 1. The molecular formula is C19H24N4O. The van der Waals surface area contributed by atoms with E-state index in [1.54, 1.807) is 6.07 Å². The van der Waals surface area contributed by atoms with Crippen LogP contribution in [0.5, 0.6) is 0 Å². The van der Waals surface area contributed by atoms with Crippen LogP contribution >= 0.6 is 0 Å². The smallest absolute Gasteiger partial charge is 0.272 e. The highest BCUT2D eigenvalue weighted by molar-refractivity contribution is 5.92. The number of rotatable bonds is 4. The summed E-state index contributed by atoms with van der Waals surface area (Å²) in [6.45, 7) is 4.28. The molecule has 1 fully saturated rings. The van der Waals surface area contributed by atoms with Gasteiger partial charge in [0.05, 0.1) is 0 Å². The van der Waals surface area contributed by atoms with Crippen LogP contribution in [0.4, 0.5) is 5.95 Å². The number of piperidine rings is 1. The van der Waals surface area contributed by atoms with Gasteiger partial charge in [-0.05, 0) is 37.8 Å². The van der Waals surface area contributed by atoms with E-state index in [9.17, 15) is 4.79 Å². The van der Waals surface area contributed by atoms with E-state index in [1.165, 1.54) is 12.0 Å². The molecule has 1 aromatic heterocycles. The van der Waals surface area contributed by atoms with E-state index >= 15 is 0 Å². The molecule has 2 heterocycles. The first-order chi connectivity index (χ1) is 11.6. The molecule has 0 radical (unpaired) electrons. The van der Waals surface area contributed by atoms with Gasteiger partial charge in [-0.1, -0.05) is 30.3 Å². The number of anilines is 1. The molecule has 126 valence electrons. The first kappa shape index (κ1) is 16.4. The van der Waals surface area contributed by atoms with E-state index in [0.29, 0.717) is 18.2 Å². The third kappa shape index (κ3) is 3.91. The molecular weight excluding hydrogens is 300 g/mol. The molecule has 24 heavy (non-hydrogen) atoms. The molecule has 1 amide bonds. The normalized spacial score (nSPS) is 14.5. The van der Waals surface area contributed by atoms with Crippen LogP contribution in [0.2, 0.25) is 0 Å². The van der Waals surface area contributed by atoms with Crippen molar-refractivity contribution in [2.45, 2.75) is 32.7 Å². The van der Waals surface area contributed by atoms with Gasteiger partial charge >= 0.3 is 0 Å². The molecule has 0 unspecified atom stereocenters. The molecule has 0 N–H and O–H groups in total. The fourth-order valence-electron chi connectivity index (χ4n) is 3.02. The van der Waals surface area contributed by atoms with Crippen molar-refractivity contribution in [2.75, 3.05) is 25.0 Å². The van der Waals surface area contributed by atoms with Crippen molar-refractivity contribution in [2.24, 2.45) is 0 Å². The van der Waals surface area contributed by atoms with Crippen LogP contribution in [-0.4, -0.2) is 40.9 Å². The minimum atomic E-state index is 0.0227. The van der Waals surface area contributed by atoms with Crippen LogP contribution in [0.3, 0.4) is 0 Å². The Morgan fingerprint density at radius 2 is 1.83 bits per heavy atom. The number of carbonyl (C=O) groups excluding carboxylic acids is 1. The maximum Gasteiger partial charge on any atom is 0.272 e. The van der Waals surface area contributed by atoms with Crippen LogP contribution in [-0.2, 0) is 6.54 Å². The Morgan fingerprint density at radius 1 is 1.12 bits per heavy atom. The van der Waals surface area contributed by atoms with Crippen LogP contribution in [0.25, 0.3) is 0 Å². The van der Waals surface area contributed by atoms with E-state index in [0.717, 1.165) is 31.6 Å². The summed E-state index contributed by atoms with van der Waals surface area (Å²) in [6.07, 6.45) is 3.37. The molecule has 5 heteroatoms. The predicted molar refractivity (Wildman–Crippen MR) is 95.1 cm³/mol. The lowest BCUT2D eigenvalue weighted by atomic mass is 10.1. The zero-order valence-electron chi connectivity index (χ0n) is 14.4. The highest BCUT2D eigenvalue weighted by Crippen LogP contribution is 2.16. The largest absolute Gasteiger partial charge is 0.340 e. The lowest BCUT2D eigenvalue weighted by Gasteiger charge is -2.26. The standard InChI is InChI=1S/C19H24N4O/c1-15-13-17(18(24)23-11-7-4-8-12-23)21-19(20-15)22(2)14-16-9-5-3-6-10-16/h3,5-6,9-10,13H,4,7-8,11-12,14H2,1-2H3. The third-order valence-electron chi connectivity index (χ3n) is 4.31. The highest BCUT2D eigenvalue weighted by Gasteiger charge is 2.21. The van der Waals surface area contributed by atoms with Crippen LogP contribution in [0.15, 0.2) is 36.4 Å². The Bertz CT molecular complexity index is 696. The van der Waals surface area contributed by atoms with Crippen molar-refractivity contribution in [3.05, 3.63) is 53.3 Å². The van der Waals surface area contributed by atoms with Crippen molar-refractivity contribution in [3.8, 4) is 0 Å². The van der Waals surface area contributed by atoms with Gasteiger partial charge in [0.15, 0.2) is 0 Å². The Hall–Kier alpha value is -2.43. The van der Waals surface area contributed by atoms with Gasteiger partial charge < -0.3 is 9.80 Å². The number of benzene rings is 1. The van der Waals surface area contributed by atoms with Gasteiger partial charge in [-0.25, -0.2) is 9.97 Å². The molecule has 0 atom stereocenters. The summed E-state index contributed by atoms with van der Waals surface area (Å²) in [5.41, 5.74) is 2.51. The zero-order chi connectivity index (χ0) is 16.9. The molecule has 3 rings (SSSR count). The quantitative estimate of drug-likeness (QED) is 0.867. The van der Waals surface area contributed by atoms with Crippen molar-refractivity contribution in [1.29, 1.82) is 0 Å². The molecule has 0 bridgehead atoms. The Balaban J connectivity index is 1.79. The number of hydrogen-bond donors (Lipinski definition) is 0. The second-order valence-corrected chi connectivity index (χ2v) is 6.39. The molecule has 0 aliphatic carbocycles. The summed E-state index contributed by atoms with van der Waals surface area (Å²) in [4.78, 5) is 25.6. The minimum Gasteiger partial charge on any atom is -0.340 e. The van der Waals surface area contributed by atoms with Crippen molar-refractivity contribution < 1.29 is 4.79 Å². The maximum absolute atomic E-state index is 12.7. The van der Waals surface area contributed by atoms with Crippen molar-refractivity contribution >= 4 is 11.9 Å². The summed E-state index contributed by atoms with van der Waals surface area (Å²) in [5.74, 6) is 0.619. The summed E-state index contributed by atoms with van der Waals surface area (Å²) in [7, 11) is 1.96. The average molecular weight is 324 g/mol. The van der Waals surface area contributed by atoms with Crippen molar-refractivity contribution in [3.63, 3.8) is 0 Å². The molecule has 2 aromatic rings. The Morgan fingerprint density at radius 3 is 2.54 bits per heavy atom. The maximum atomic E-state index is 12.7. The predicted octanol–water partition coefficient (Wildman–Crippen LogP) is 3.05. The highest BCUT2D eigenvalue weighted by atomic mass is 16.2. The molecule has 1 aliphatic heterocycles. The Labute approximate surface area is 143 Å². The number of amides is 1. The summed E-state index contributed by atoms with van der Waals surface area (Å²) < 4.78 is 0. The van der Waals surface area contributed by atoms with Gasteiger partial charge in [-0.15, -0.1) is 0 Å². The molecule has 1 aliphatic rings. The number of nitrogens with zero attached hydrogens (tertiary/aromatic N) is 4. The molecule has 1 aromatic carbocycles. The lowest BCUT2D eigenvalue weighted by Crippen LogP contribution is -2.36. The van der Waals surface area contributed by atoms with Gasteiger partial charge in [-0.2, -0.15) is 0 Å². The SMILES string of the molecule is Cc1cc(C(=O)N2CCCCC2)nc(N(C)Cc2ccccc2)n1. The minimum absolute atomic E-state index is 0.0227. The summed E-state index contributed by atoms with van der Waals surface area (Å²) in [6, 6.07) is 12.0. The van der Waals surface area contributed by atoms with Gasteiger partial charge in [0.25, 0.3) is 5.91 Å². The first-order valence-corrected chi connectivity index (χ1v) is 8.53. The fraction of sp³-hybridized carbons (Fsp3) is 0.421. The lowest BCUT2D eigenvalue weighted by molar-refractivity contribution is 0.0718. The molecule has 0 spiro atoms. The number of likely N-dealkylation sites (tertiary alicyclic amines) is 1. The van der Waals surface area contributed by atoms with E-state index < -0.39 is 0 Å². The van der Waals surface area contributed by atoms with Gasteiger partial charge in [-0.3, -0.25) is 4.79 Å². The monoisotopic (exact) mass is 324 g/mol. The van der Waals surface area contributed by atoms with Gasteiger partial charge in [0.2, 0.25) is 5.95 Å². The number of aromatic nitrogens is 2. The Kier molecular flexibility index (Phi) is 5.08.